The lowest BCUT2D eigenvalue weighted by molar-refractivity contribution is 1.16. The molecule has 0 atom stereocenters. The van der Waals surface area contributed by atoms with Crippen molar-refractivity contribution in [1.29, 1.82) is 0 Å². The Morgan fingerprint density at radius 3 is 1.03 bits per heavy atom. The van der Waals surface area contributed by atoms with Gasteiger partial charge in [-0.25, -0.2) is 0 Å². The molecule has 0 saturated carbocycles. The highest BCUT2D eigenvalue weighted by Crippen LogP contribution is 2.45. The van der Waals surface area contributed by atoms with Crippen LogP contribution in [0.4, 0.5) is 34.1 Å². The second kappa shape index (κ2) is 19.0. The Labute approximate surface area is 404 Å². The molecule has 328 valence electrons. The van der Waals surface area contributed by atoms with Gasteiger partial charge >= 0.3 is 0 Å². The van der Waals surface area contributed by atoms with Crippen LogP contribution in [0.25, 0.3) is 66.4 Å². The summed E-state index contributed by atoms with van der Waals surface area (Å²) < 4.78 is 2.42. The maximum atomic E-state index is 4.10. The van der Waals surface area contributed by atoms with Crippen LogP contribution in [0, 0.1) is 0 Å². The van der Waals surface area contributed by atoms with E-state index in [1.807, 2.05) is 18.2 Å². The van der Waals surface area contributed by atoms with Crippen LogP contribution in [0.1, 0.15) is 5.56 Å². The van der Waals surface area contributed by atoms with E-state index >= 15 is 0 Å². The van der Waals surface area contributed by atoms with Crippen LogP contribution in [0.15, 0.2) is 286 Å². The first-order valence-corrected chi connectivity index (χ1v) is 23.4. The lowest BCUT2D eigenvalue weighted by Crippen LogP contribution is -2.14. The van der Waals surface area contributed by atoms with Crippen LogP contribution >= 0.6 is 0 Å². The van der Waals surface area contributed by atoms with Crippen molar-refractivity contribution in [3.05, 3.63) is 292 Å². The minimum Gasteiger partial charge on any atom is -0.310 e. The third kappa shape index (κ3) is 8.46. The van der Waals surface area contributed by atoms with Gasteiger partial charge in [-0.15, -0.1) is 0 Å². The summed E-state index contributed by atoms with van der Waals surface area (Å²) in [5.41, 5.74) is 18.6. The van der Waals surface area contributed by atoms with E-state index in [0.717, 1.165) is 78.7 Å². The summed E-state index contributed by atoms with van der Waals surface area (Å²) in [5.74, 6) is 0. The van der Waals surface area contributed by atoms with Gasteiger partial charge in [0.25, 0.3) is 0 Å². The molecule has 0 amide bonds. The number of nitrogens with zero attached hydrogens (tertiary/aromatic N) is 3. The molecule has 3 heteroatoms. The average Bonchev–Trinajstić information content (AvgIpc) is 3.76. The van der Waals surface area contributed by atoms with E-state index < -0.39 is 0 Å². The number of rotatable bonds is 13. The molecule has 0 fully saturated rings. The molecule has 0 aliphatic carbocycles. The van der Waals surface area contributed by atoms with E-state index in [-0.39, 0.29) is 0 Å². The van der Waals surface area contributed by atoms with Gasteiger partial charge in [-0.2, -0.15) is 0 Å². The molecular formula is C66H49N3. The second-order valence-corrected chi connectivity index (χ2v) is 17.1. The fraction of sp³-hybridized carbons (Fsp3) is 0. The summed E-state index contributed by atoms with van der Waals surface area (Å²) in [6.07, 6.45) is 5.69. The van der Waals surface area contributed by atoms with E-state index in [4.69, 9.17) is 0 Å². The first kappa shape index (κ1) is 42.5. The SMILES string of the molecule is C=C/C=C(\C=C)c1ccc(N(c2ccc(-c3ccccc3)cc2)c2cc(N(c3ccc(-c4ccccc4)cc3)c3ccc(-c4ccccc4)cc3)cc(-n3c4ccccc4c4ccccc43)c2)cc1. The van der Waals surface area contributed by atoms with Gasteiger partial charge < -0.3 is 14.4 Å². The molecule has 0 spiro atoms. The maximum absolute atomic E-state index is 4.10. The summed E-state index contributed by atoms with van der Waals surface area (Å²) in [7, 11) is 0. The van der Waals surface area contributed by atoms with Gasteiger partial charge in [0.15, 0.2) is 0 Å². The maximum Gasteiger partial charge on any atom is 0.0541 e. The van der Waals surface area contributed by atoms with Crippen molar-refractivity contribution in [1.82, 2.24) is 4.57 Å². The zero-order valence-electron chi connectivity index (χ0n) is 38.2. The van der Waals surface area contributed by atoms with Crippen LogP contribution in [0.3, 0.4) is 0 Å². The quantitative estimate of drug-likeness (QED) is 0.107. The molecule has 0 N–H and O–H groups in total. The Kier molecular flexibility index (Phi) is 11.7. The Balaban J connectivity index is 1.16. The van der Waals surface area contributed by atoms with Crippen molar-refractivity contribution >= 4 is 61.5 Å². The van der Waals surface area contributed by atoms with Crippen LogP contribution in [0.2, 0.25) is 0 Å². The summed E-state index contributed by atoms with van der Waals surface area (Å²) in [4.78, 5) is 4.76. The third-order valence-electron chi connectivity index (χ3n) is 12.9. The van der Waals surface area contributed by atoms with Crippen molar-refractivity contribution in [3.63, 3.8) is 0 Å². The first-order valence-electron chi connectivity index (χ1n) is 23.4. The summed E-state index contributed by atoms with van der Waals surface area (Å²) in [6.45, 7) is 8.06. The average molecular weight is 884 g/mol. The molecule has 0 unspecified atom stereocenters. The standard InChI is InChI=1S/C66H49N3/c1-3-18-48(4-2)52-29-37-56(38-30-52)67(57-39-31-53(32-40-57)49-19-8-5-9-20-49)60-45-61(47-62(46-60)69-65-27-16-14-25-63(65)64-26-15-17-28-66(64)69)68(58-41-33-54(34-42-58)50-21-10-6-11-22-50)59-43-35-55(36-44-59)51-23-12-7-13-24-51/h3-47H,1-2H2/b48-18+. The lowest BCUT2D eigenvalue weighted by atomic mass is 10.0. The number of hydrogen-bond acceptors (Lipinski definition) is 2. The van der Waals surface area contributed by atoms with Gasteiger partial charge in [0.05, 0.1) is 28.1 Å². The van der Waals surface area contributed by atoms with Crippen LogP contribution < -0.4 is 9.80 Å². The molecule has 11 rings (SSSR count). The Bertz CT molecular complexity index is 3450. The van der Waals surface area contributed by atoms with Crippen LogP contribution in [0.5, 0.6) is 0 Å². The van der Waals surface area contributed by atoms with Crippen LogP contribution in [-0.2, 0) is 0 Å². The predicted octanol–water partition coefficient (Wildman–Crippen LogP) is 18.5. The second-order valence-electron chi connectivity index (χ2n) is 17.1. The largest absolute Gasteiger partial charge is 0.310 e. The van der Waals surface area contributed by atoms with Gasteiger partial charge in [0.2, 0.25) is 0 Å². The van der Waals surface area contributed by atoms with Crippen molar-refractivity contribution < 1.29 is 0 Å². The van der Waals surface area contributed by atoms with Gasteiger partial charge in [0, 0.05) is 33.5 Å². The molecule has 0 aliphatic heterocycles. The molecule has 0 saturated heterocycles. The molecule has 0 bridgehead atoms. The fourth-order valence-electron chi connectivity index (χ4n) is 9.57. The number of aromatic nitrogens is 1. The smallest absolute Gasteiger partial charge is 0.0541 e. The molecule has 3 nitrogen and oxygen atoms in total. The van der Waals surface area contributed by atoms with Crippen molar-refractivity contribution in [2.24, 2.45) is 0 Å². The van der Waals surface area contributed by atoms with E-state index in [1.54, 1.807) is 0 Å². The topological polar surface area (TPSA) is 11.4 Å². The highest BCUT2D eigenvalue weighted by atomic mass is 15.2. The number of hydrogen-bond donors (Lipinski definition) is 0. The van der Waals surface area contributed by atoms with E-state index in [2.05, 4.69) is 282 Å². The van der Waals surface area contributed by atoms with Crippen LogP contribution in [-0.4, -0.2) is 4.57 Å². The number of benzene rings is 10. The lowest BCUT2D eigenvalue weighted by Gasteiger charge is -2.31. The van der Waals surface area contributed by atoms with E-state index in [0.29, 0.717) is 0 Å². The fourth-order valence-corrected chi connectivity index (χ4v) is 9.57. The number of anilines is 6. The molecule has 11 aromatic rings. The number of fused-ring (bicyclic) bond motifs is 3. The first-order chi connectivity index (χ1) is 34.1. The zero-order valence-corrected chi connectivity index (χ0v) is 38.2. The van der Waals surface area contributed by atoms with E-state index in [9.17, 15) is 0 Å². The minimum atomic E-state index is 1.00. The molecule has 0 radical (unpaired) electrons. The van der Waals surface area contributed by atoms with Crippen molar-refractivity contribution in [2.45, 2.75) is 0 Å². The normalized spacial score (nSPS) is 11.4. The summed E-state index contributed by atoms with van der Waals surface area (Å²) in [5, 5.41) is 2.42. The monoisotopic (exact) mass is 883 g/mol. The van der Waals surface area contributed by atoms with Crippen molar-refractivity contribution in [2.75, 3.05) is 9.80 Å². The zero-order chi connectivity index (χ0) is 46.5. The van der Waals surface area contributed by atoms with Crippen molar-refractivity contribution in [3.8, 4) is 39.1 Å². The molecule has 1 heterocycles. The molecule has 10 aromatic carbocycles. The Morgan fingerprint density at radius 2 is 0.667 bits per heavy atom. The Hall–Kier alpha value is -9.18. The summed E-state index contributed by atoms with van der Waals surface area (Å²) >= 11 is 0. The van der Waals surface area contributed by atoms with Gasteiger partial charge in [0.1, 0.15) is 0 Å². The predicted molar refractivity (Wildman–Crippen MR) is 295 cm³/mol. The van der Waals surface area contributed by atoms with Gasteiger partial charge in [-0.3, -0.25) is 0 Å². The van der Waals surface area contributed by atoms with E-state index in [1.165, 1.54) is 27.5 Å². The molecule has 0 aliphatic rings. The highest BCUT2D eigenvalue weighted by molar-refractivity contribution is 6.09. The van der Waals surface area contributed by atoms with Gasteiger partial charge in [-0.05, 0) is 123 Å². The number of allylic oxidation sites excluding steroid dienone is 4. The number of para-hydroxylation sites is 2. The van der Waals surface area contributed by atoms with Gasteiger partial charge in [-0.1, -0.05) is 207 Å². The summed E-state index contributed by atoms with van der Waals surface area (Å²) in [6, 6.07) is 91.8. The Morgan fingerprint density at radius 1 is 0.333 bits per heavy atom. The molecular weight excluding hydrogens is 835 g/mol. The minimum absolute atomic E-state index is 1.00. The molecule has 69 heavy (non-hydrogen) atoms. The highest BCUT2D eigenvalue weighted by Gasteiger charge is 2.22. The molecule has 1 aromatic heterocycles. The third-order valence-corrected chi connectivity index (χ3v) is 12.9.